The van der Waals surface area contributed by atoms with Gasteiger partial charge in [-0.1, -0.05) is 46.3 Å². The van der Waals surface area contributed by atoms with Gasteiger partial charge in [0.15, 0.2) is 0 Å². The fraction of sp³-hybridized carbons (Fsp3) is 0.250. The zero-order valence-corrected chi connectivity index (χ0v) is 14.4. The van der Waals surface area contributed by atoms with Crippen molar-refractivity contribution >= 4 is 34.2 Å². The van der Waals surface area contributed by atoms with E-state index in [4.69, 9.17) is 16.3 Å². The van der Waals surface area contributed by atoms with Crippen LogP contribution >= 0.6 is 34.2 Å². The van der Waals surface area contributed by atoms with Gasteiger partial charge in [0.25, 0.3) is 0 Å². The van der Waals surface area contributed by atoms with Gasteiger partial charge in [-0.2, -0.15) is 13.2 Å². The summed E-state index contributed by atoms with van der Waals surface area (Å²) in [6, 6.07) is 10.9. The van der Waals surface area contributed by atoms with Gasteiger partial charge < -0.3 is 4.74 Å². The van der Waals surface area contributed by atoms with Crippen molar-refractivity contribution in [2.75, 3.05) is 4.43 Å². The number of alkyl halides is 4. The van der Waals surface area contributed by atoms with Gasteiger partial charge in [0.2, 0.25) is 0 Å². The minimum Gasteiger partial charge on any atom is -0.457 e. The zero-order chi connectivity index (χ0) is 16.2. The normalized spacial score (nSPS) is 11.5. The van der Waals surface area contributed by atoms with Gasteiger partial charge in [0.1, 0.15) is 11.5 Å². The molecule has 0 aliphatic carbocycles. The third-order valence-electron chi connectivity index (χ3n) is 3.00. The van der Waals surface area contributed by atoms with Gasteiger partial charge in [0, 0.05) is 0 Å². The summed E-state index contributed by atoms with van der Waals surface area (Å²) >= 11 is 7.90. The van der Waals surface area contributed by atoms with Crippen molar-refractivity contribution in [1.29, 1.82) is 0 Å². The lowest BCUT2D eigenvalue weighted by Gasteiger charge is -2.12. The zero-order valence-electron chi connectivity index (χ0n) is 11.5. The maximum absolute atomic E-state index is 12.8. The number of ether oxygens (including phenoxy) is 1. The summed E-state index contributed by atoms with van der Waals surface area (Å²) < 4.78 is 44.9. The van der Waals surface area contributed by atoms with Crippen molar-refractivity contribution in [3.05, 3.63) is 58.6 Å². The van der Waals surface area contributed by atoms with E-state index in [1.54, 1.807) is 12.1 Å². The quantitative estimate of drug-likeness (QED) is 0.380. The number of hydrogen-bond acceptors (Lipinski definition) is 1. The molecule has 0 N–H and O–H groups in total. The van der Waals surface area contributed by atoms with Crippen LogP contribution in [0.3, 0.4) is 0 Å². The van der Waals surface area contributed by atoms with Crippen molar-refractivity contribution in [3.8, 4) is 11.5 Å². The molecule has 118 valence electrons. The number of halogens is 5. The average Bonchev–Trinajstić information content (AvgIpc) is 2.47. The molecule has 0 atom stereocenters. The van der Waals surface area contributed by atoms with Gasteiger partial charge in [-0.25, -0.2) is 0 Å². The minimum absolute atomic E-state index is 0.108. The van der Waals surface area contributed by atoms with Gasteiger partial charge in [-0.3, -0.25) is 0 Å². The molecule has 0 saturated heterocycles. The fourth-order valence-electron chi connectivity index (χ4n) is 1.92. The van der Waals surface area contributed by atoms with Crippen LogP contribution in [0.5, 0.6) is 11.5 Å². The van der Waals surface area contributed by atoms with Crippen LogP contribution in [0.1, 0.15) is 17.5 Å². The minimum atomic E-state index is -4.50. The molecule has 0 bridgehead atoms. The Hall–Kier alpha value is -0.950. The van der Waals surface area contributed by atoms with E-state index in [2.05, 4.69) is 22.6 Å². The Morgan fingerprint density at radius 2 is 1.64 bits per heavy atom. The number of benzene rings is 2. The predicted octanol–water partition coefficient (Wildman–Crippen LogP) is 6.52. The molecule has 1 nitrogen and oxygen atoms in total. The smallest absolute Gasteiger partial charge is 0.417 e. The van der Waals surface area contributed by atoms with Crippen molar-refractivity contribution in [2.45, 2.75) is 19.0 Å². The largest absolute Gasteiger partial charge is 0.457 e. The lowest BCUT2D eigenvalue weighted by Crippen LogP contribution is -2.05. The summed E-state index contributed by atoms with van der Waals surface area (Å²) in [5.74, 6) is 0.602. The Morgan fingerprint density at radius 3 is 2.23 bits per heavy atom. The molecule has 0 aliphatic heterocycles. The highest BCUT2D eigenvalue weighted by Crippen LogP contribution is 2.37. The molecule has 0 amide bonds. The second-order valence-corrected chi connectivity index (χ2v) is 6.16. The van der Waals surface area contributed by atoms with E-state index in [1.165, 1.54) is 17.7 Å². The van der Waals surface area contributed by atoms with E-state index in [0.29, 0.717) is 5.75 Å². The van der Waals surface area contributed by atoms with E-state index >= 15 is 0 Å². The molecule has 0 fully saturated rings. The standard InChI is InChI=1S/C16H13ClF3IO/c17-15-8-7-13(10-14(15)16(18,19)20)22-12-5-3-11(4-6-12)2-1-9-21/h3-8,10H,1-2,9H2. The second kappa shape index (κ2) is 7.55. The Morgan fingerprint density at radius 1 is 1.00 bits per heavy atom. The summed E-state index contributed by atoms with van der Waals surface area (Å²) in [7, 11) is 0. The molecule has 0 aromatic heterocycles. The Balaban J connectivity index is 2.14. The Bertz CT molecular complexity index is 626. The van der Waals surface area contributed by atoms with Crippen molar-refractivity contribution in [1.82, 2.24) is 0 Å². The third kappa shape index (κ3) is 4.78. The number of aryl methyl sites for hydroxylation is 1. The van der Waals surface area contributed by atoms with Crippen LogP contribution in [0.4, 0.5) is 13.2 Å². The first-order valence-corrected chi connectivity index (χ1v) is 8.50. The molecule has 0 unspecified atom stereocenters. The molecule has 6 heteroatoms. The van der Waals surface area contributed by atoms with Crippen molar-refractivity contribution in [2.24, 2.45) is 0 Å². The molecule has 2 rings (SSSR count). The molecule has 0 spiro atoms. The molecule has 22 heavy (non-hydrogen) atoms. The molecule has 0 aliphatic rings. The second-order valence-electron chi connectivity index (χ2n) is 4.68. The third-order valence-corrected chi connectivity index (χ3v) is 4.09. The van der Waals surface area contributed by atoms with Crippen LogP contribution in [-0.2, 0) is 12.6 Å². The van der Waals surface area contributed by atoms with E-state index in [0.717, 1.165) is 23.3 Å². The van der Waals surface area contributed by atoms with Crippen molar-refractivity contribution < 1.29 is 17.9 Å². The number of hydrogen-bond donors (Lipinski definition) is 0. The van der Waals surface area contributed by atoms with Crippen LogP contribution in [0.2, 0.25) is 5.02 Å². The van der Waals surface area contributed by atoms with Crippen molar-refractivity contribution in [3.63, 3.8) is 0 Å². The van der Waals surface area contributed by atoms with Gasteiger partial charge in [-0.05, 0) is 53.2 Å². The average molecular weight is 441 g/mol. The molecule has 2 aromatic rings. The van der Waals surface area contributed by atoms with Gasteiger partial charge in [-0.15, -0.1) is 0 Å². The molecule has 0 saturated carbocycles. The maximum Gasteiger partial charge on any atom is 0.417 e. The van der Waals surface area contributed by atoms with Crippen LogP contribution in [0.25, 0.3) is 0 Å². The lowest BCUT2D eigenvalue weighted by atomic mass is 10.1. The summed E-state index contributed by atoms with van der Waals surface area (Å²) in [5, 5.41) is -0.339. The first-order valence-electron chi connectivity index (χ1n) is 6.59. The SMILES string of the molecule is FC(F)(F)c1cc(Oc2ccc(CCCI)cc2)ccc1Cl. The summed E-state index contributed by atoms with van der Waals surface area (Å²) in [6.07, 6.45) is -2.44. The summed E-state index contributed by atoms with van der Waals surface area (Å²) in [5.41, 5.74) is 0.279. The molecular weight excluding hydrogens is 428 g/mol. The van der Waals surface area contributed by atoms with Crippen LogP contribution in [-0.4, -0.2) is 4.43 Å². The van der Waals surface area contributed by atoms with Gasteiger partial charge >= 0.3 is 6.18 Å². The summed E-state index contributed by atoms with van der Waals surface area (Å²) in [6.45, 7) is 0. The highest BCUT2D eigenvalue weighted by atomic mass is 127. The molecular formula is C16H13ClF3IO. The van der Waals surface area contributed by atoms with E-state index in [1.807, 2.05) is 12.1 Å². The Labute approximate surface area is 145 Å². The predicted molar refractivity (Wildman–Crippen MR) is 90.2 cm³/mol. The lowest BCUT2D eigenvalue weighted by molar-refractivity contribution is -0.137. The van der Waals surface area contributed by atoms with Gasteiger partial charge in [0.05, 0.1) is 10.6 Å². The van der Waals surface area contributed by atoms with Crippen LogP contribution < -0.4 is 4.74 Å². The molecule has 0 radical (unpaired) electrons. The monoisotopic (exact) mass is 440 g/mol. The van der Waals surface area contributed by atoms with Crippen LogP contribution in [0, 0.1) is 0 Å². The maximum atomic E-state index is 12.8. The Kier molecular flexibility index (Phi) is 5.97. The van der Waals surface area contributed by atoms with E-state index in [-0.39, 0.29) is 10.8 Å². The fourth-order valence-corrected chi connectivity index (χ4v) is 2.52. The highest BCUT2D eigenvalue weighted by Gasteiger charge is 2.33. The highest BCUT2D eigenvalue weighted by molar-refractivity contribution is 14.1. The first kappa shape index (κ1) is 17.4. The molecule has 0 heterocycles. The van der Waals surface area contributed by atoms with Crippen LogP contribution in [0.15, 0.2) is 42.5 Å². The molecule has 2 aromatic carbocycles. The topological polar surface area (TPSA) is 9.23 Å². The van der Waals surface area contributed by atoms with E-state index in [9.17, 15) is 13.2 Å². The number of rotatable bonds is 5. The first-order chi connectivity index (χ1) is 10.4. The van der Waals surface area contributed by atoms with E-state index < -0.39 is 11.7 Å². The summed E-state index contributed by atoms with van der Waals surface area (Å²) in [4.78, 5) is 0.